The molecular weight excluding hydrogens is 725 g/mol. The summed E-state index contributed by atoms with van der Waals surface area (Å²) in [5.74, 6) is -0.842. The number of carbonyl (C=O) groups is 2. The number of allylic oxidation sites excluding steroid dienone is 4. The predicted octanol–water partition coefficient (Wildman–Crippen LogP) is 12.5. The van der Waals surface area contributed by atoms with Crippen LogP contribution in [0.1, 0.15) is 206 Å². The summed E-state index contributed by atoms with van der Waals surface area (Å²) in [6.07, 6.45) is 42.0. The summed E-state index contributed by atoms with van der Waals surface area (Å²) in [5, 5.41) is 0. The minimum atomic E-state index is -4.62. The zero-order valence-corrected chi connectivity index (χ0v) is 38.0. The average Bonchev–Trinajstić information content (AvgIpc) is 3.15. The number of hydrogen-bond acceptors (Lipinski definition) is 8. The molecule has 0 fully saturated rings. The molecule has 0 aromatic heterocycles. The molecule has 0 amide bonds. The first-order chi connectivity index (χ1) is 27.0. The molecular formula is C46H88NO8P. The molecule has 0 rings (SSSR count). The molecule has 0 bridgehead atoms. The molecule has 0 aliphatic rings. The maximum absolute atomic E-state index is 12.7. The second kappa shape index (κ2) is 39.0. The highest BCUT2D eigenvalue weighted by molar-refractivity contribution is 7.45. The van der Waals surface area contributed by atoms with Gasteiger partial charge in [0.15, 0.2) is 6.10 Å². The van der Waals surface area contributed by atoms with Gasteiger partial charge in [0.2, 0.25) is 0 Å². The average molecular weight is 814 g/mol. The number of unbranched alkanes of at least 4 members (excludes halogenated alkanes) is 24. The molecule has 9 nitrogen and oxygen atoms in total. The van der Waals surface area contributed by atoms with Crippen molar-refractivity contribution in [1.82, 2.24) is 0 Å². The van der Waals surface area contributed by atoms with Gasteiger partial charge in [-0.05, 0) is 64.2 Å². The van der Waals surface area contributed by atoms with Gasteiger partial charge in [-0.15, -0.1) is 0 Å². The van der Waals surface area contributed by atoms with E-state index in [1.165, 1.54) is 116 Å². The maximum atomic E-state index is 12.7. The van der Waals surface area contributed by atoms with Crippen LogP contribution in [0.2, 0.25) is 0 Å². The molecule has 56 heavy (non-hydrogen) atoms. The summed E-state index contributed by atoms with van der Waals surface area (Å²) in [4.78, 5) is 37.5. The second-order valence-corrected chi connectivity index (χ2v) is 18.2. The molecule has 0 aliphatic heterocycles. The molecule has 0 N–H and O–H groups in total. The predicted molar refractivity (Wildman–Crippen MR) is 231 cm³/mol. The third-order valence-electron chi connectivity index (χ3n) is 9.94. The van der Waals surface area contributed by atoms with Gasteiger partial charge in [-0.1, -0.05) is 154 Å². The lowest BCUT2D eigenvalue weighted by Crippen LogP contribution is -2.37. The van der Waals surface area contributed by atoms with Gasteiger partial charge in [-0.3, -0.25) is 14.2 Å². The van der Waals surface area contributed by atoms with Crippen LogP contribution in [-0.2, 0) is 32.7 Å². The normalized spacial score (nSPS) is 13.8. The van der Waals surface area contributed by atoms with Crippen LogP contribution >= 0.6 is 7.82 Å². The molecule has 0 heterocycles. The van der Waals surface area contributed by atoms with Gasteiger partial charge in [-0.25, -0.2) is 0 Å². The number of hydrogen-bond donors (Lipinski definition) is 0. The molecule has 0 spiro atoms. The van der Waals surface area contributed by atoms with E-state index in [0.717, 1.165) is 57.8 Å². The van der Waals surface area contributed by atoms with Crippen LogP contribution in [0.25, 0.3) is 0 Å². The third kappa shape index (κ3) is 42.1. The summed E-state index contributed by atoms with van der Waals surface area (Å²) in [6.45, 7) is 4.21. The Balaban J connectivity index is 4.31. The van der Waals surface area contributed by atoms with E-state index < -0.39 is 32.5 Å². The highest BCUT2D eigenvalue weighted by Crippen LogP contribution is 2.38. The van der Waals surface area contributed by atoms with Crippen molar-refractivity contribution in [2.75, 3.05) is 47.5 Å². The number of carbonyl (C=O) groups excluding carboxylic acids is 2. The van der Waals surface area contributed by atoms with Gasteiger partial charge in [0.05, 0.1) is 27.7 Å². The maximum Gasteiger partial charge on any atom is 0.306 e. The van der Waals surface area contributed by atoms with E-state index in [9.17, 15) is 19.0 Å². The Morgan fingerprint density at radius 3 is 1.34 bits per heavy atom. The Bertz CT molecular complexity index is 1010. The molecule has 0 radical (unpaired) electrons. The number of nitrogens with zero attached hydrogens (tertiary/aromatic N) is 1. The Morgan fingerprint density at radius 2 is 0.911 bits per heavy atom. The molecule has 2 atom stereocenters. The summed E-state index contributed by atoms with van der Waals surface area (Å²) >= 11 is 0. The molecule has 0 saturated carbocycles. The zero-order valence-electron chi connectivity index (χ0n) is 37.1. The lowest BCUT2D eigenvalue weighted by molar-refractivity contribution is -0.870. The summed E-state index contributed by atoms with van der Waals surface area (Å²) in [7, 11) is 1.16. The number of quaternary nitrogens is 1. The van der Waals surface area contributed by atoms with E-state index >= 15 is 0 Å². The molecule has 0 aromatic carbocycles. The SMILES string of the molecule is CCCCCC/C=C/CCCCCCCC(=O)OC[C@H](COP(=O)([O-])OCC[N+](C)(C)C)OC(=O)CCCCCCCCCCC/C=C/CCCCCCCC. The van der Waals surface area contributed by atoms with Crippen LogP contribution in [0.4, 0.5) is 0 Å². The van der Waals surface area contributed by atoms with Crippen LogP contribution in [0, 0.1) is 0 Å². The quantitative estimate of drug-likeness (QED) is 0.0197. The van der Waals surface area contributed by atoms with E-state index in [1.807, 2.05) is 21.1 Å². The van der Waals surface area contributed by atoms with E-state index in [4.69, 9.17) is 18.5 Å². The highest BCUT2D eigenvalue weighted by atomic mass is 31.2. The smallest absolute Gasteiger partial charge is 0.306 e. The van der Waals surface area contributed by atoms with Crippen LogP contribution in [0.15, 0.2) is 24.3 Å². The van der Waals surface area contributed by atoms with Gasteiger partial charge >= 0.3 is 11.9 Å². The lowest BCUT2D eigenvalue weighted by atomic mass is 10.1. The summed E-state index contributed by atoms with van der Waals surface area (Å²) in [6, 6.07) is 0. The largest absolute Gasteiger partial charge is 0.756 e. The Morgan fingerprint density at radius 1 is 0.536 bits per heavy atom. The molecule has 10 heteroatoms. The van der Waals surface area contributed by atoms with Gasteiger partial charge in [-0.2, -0.15) is 0 Å². The van der Waals surface area contributed by atoms with E-state index in [-0.39, 0.29) is 26.1 Å². The van der Waals surface area contributed by atoms with E-state index in [0.29, 0.717) is 17.4 Å². The molecule has 330 valence electrons. The molecule has 0 aromatic rings. The number of likely N-dealkylation sites (N-methyl/N-ethyl adjacent to an activating group) is 1. The van der Waals surface area contributed by atoms with E-state index in [1.54, 1.807) is 0 Å². The van der Waals surface area contributed by atoms with Crippen molar-refractivity contribution in [2.24, 2.45) is 0 Å². The fourth-order valence-corrected chi connectivity index (χ4v) is 7.02. The minimum absolute atomic E-state index is 0.0312. The molecule has 0 aliphatic carbocycles. The monoisotopic (exact) mass is 814 g/mol. The number of rotatable bonds is 42. The Hall–Kier alpha value is -1.51. The Kier molecular flexibility index (Phi) is 37.9. The van der Waals surface area contributed by atoms with Crippen molar-refractivity contribution in [1.29, 1.82) is 0 Å². The zero-order chi connectivity index (χ0) is 41.4. The van der Waals surface area contributed by atoms with Crippen LogP contribution in [-0.4, -0.2) is 70.0 Å². The molecule has 0 saturated heterocycles. The van der Waals surface area contributed by atoms with Gasteiger partial charge in [0.25, 0.3) is 7.82 Å². The minimum Gasteiger partial charge on any atom is -0.756 e. The van der Waals surface area contributed by atoms with Crippen molar-refractivity contribution in [3.8, 4) is 0 Å². The molecule has 1 unspecified atom stereocenters. The fraction of sp³-hybridized carbons (Fsp3) is 0.870. The van der Waals surface area contributed by atoms with Gasteiger partial charge in [0.1, 0.15) is 19.8 Å². The summed E-state index contributed by atoms with van der Waals surface area (Å²) in [5.41, 5.74) is 0. The van der Waals surface area contributed by atoms with Crippen LogP contribution < -0.4 is 4.89 Å². The van der Waals surface area contributed by atoms with Crippen molar-refractivity contribution < 1.29 is 42.1 Å². The Labute approximate surface area is 345 Å². The number of phosphoric acid groups is 1. The third-order valence-corrected chi connectivity index (χ3v) is 10.9. The first-order valence-electron chi connectivity index (χ1n) is 23.0. The van der Waals surface area contributed by atoms with Crippen LogP contribution in [0.5, 0.6) is 0 Å². The van der Waals surface area contributed by atoms with Gasteiger partial charge in [0, 0.05) is 12.8 Å². The first kappa shape index (κ1) is 54.5. The van der Waals surface area contributed by atoms with Crippen LogP contribution in [0.3, 0.4) is 0 Å². The van der Waals surface area contributed by atoms with Crippen molar-refractivity contribution in [3.63, 3.8) is 0 Å². The highest BCUT2D eigenvalue weighted by Gasteiger charge is 2.21. The topological polar surface area (TPSA) is 111 Å². The summed E-state index contributed by atoms with van der Waals surface area (Å²) < 4.78 is 33.9. The number of ether oxygens (including phenoxy) is 2. The fourth-order valence-electron chi connectivity index (χ4n) is 6.29. The first-order valence-corrected chi connectivity index (χ1v) is 24.5. The van der Waals surface area contributed by atoms with Crippen molar-refractivity contribution >= 4 is 19.8 Å². The van der Waals surface area contributed by atoms with E-state index in [2.05, 4.69) is 38.2 Å². The lowest BCUT2D eigenvalue weighted by Gasteiger charge is -2.28. The van der Waals surface area contributed by atoms with Crippen molar-refractivity contribution in [2.45, 2.75) is 213 Å². The second-order valence-electron chi connectivity index (χ2n) is 16.8. The van der Waals surface area contributed by atoms with Gasteiger partial charge < -0.3 is 27.9 Å². The number of esters is 2. The van der Waals surface area contributed by atoms with Crippen molar-refractivity contribution in [3.05, 3.63) is 24.3 Å². The standard InChI is InChI=1S/C46H88NO8P/c1-6-8-10-12-14-16-18-20-21-22-23-24-25-27-29-31-33-35-37-39-46(49)55-44(43-54-56(50,51)53-41-40-47(3,4)5)42-52-45(48)38-36-34-32-30-28-26-19-17-15-13-11-9-7-2/h17,19-21,44H,6-16,18,22-43H2,1-5H3/b19-17+,21-20+/t44-/m1/s1. The number of phosphoric ester groups is 1.